The van der Waals surface area contributed by atoms with Crippen LogP contribution in [-0.4, -0.2) is 13.1 Å². The minimum atomic E-state index is -0.184. The normalized spacial score (nSPS) is 19.7. The van der Waals surface area contributed by atoms with E-state index in [0.717, 1.165) is 30.8 Å². The molecule has 0 aromatic heterocycles. The first-order chi connectivity index (χ1) is 8.50. The van der Waals surface area contributed by atoms with Gasteiger partial charge in [0.15, 0.2) is 0 Å². The standard InChI is InChI=1S/C15H23FN2/c1-15(2)4-3-6-18(7-5-15)14-9-12(11-17)8-13(16)10-14/h8-10H,3-7,11,17H2,1-2H3. The topological polar surface area (TPSA) is 29.3 Å². The van der Waals surface area contributed by atoms with E-state index in [1.54, 1.807) is 6.07 Å². The Balaban J connectivity index is 2.18. The van der Waals surface area contributed by atoms with E-state index in [0.29, 0.717) is 12.0 Å². The Hall–Kier alpha value is -1.09. The number of nitrogens with two attached hydrogens (primary N) is 1. The molecule has 18 heavy (non-hydrogen) atoms. The van der Waals surface area contributed by atoms with Crippen molar-refractivity contribution in [2.75, 3.05) is 18.0 Å². The van der Waals surface area contributed by atoms with E-state index < -0.39 is 0 Å². The Morgan fingerprint density at radius 2 is 2.00 bits per heavy atom. The number of benzene rings is 1. The molecule has 1 aliphatic heterocycles. The minimum absolute atomic E-state index is 0.184. The van der Waals surface area contributed by atoms with Crippen LogP contribution >= 0.6 is 0 Å². The van der Waals surface area contributed by atoms with Gasteiger partial charge in [0.25, 0.3) is 0 Å². The summed E-state index contributed by atoms with van der Waals surface area (Å²) in [5, 5.41) is 0. The van der Waals surface area contributed by atoms with Gasteiger partial charge in [-0.15, -0.1) is 0 Å². The fraction of sp³-hybridized carbons (Fsp3) is 0.600. The molecule has 1 aliphatic rings. The van der Waals surface area contributed by atoms with E-state index in [1.807, 2.05) is 6.07 Å². The lowest BCUT2D eigenvalue weighted by Gasteiger charge is -2.25. The lowest BCUT2D eigenvalue weighted by molar-refractivity contribution is 0.325. The molecule has 0 bridgehead atoms. The Kier molecular flexibility index (Phi) is 3.91. The van der Waals surface area contributed by atoms with Gasteiger partial charge in [0, 0.05) is 25.3 Å². The number of hydrogen-bond acceptors (Lipinski definition) is 2. The van der Waals surface area contributed by atoms with Crippen molar-refractivity contribution in [2.24, 2.45) is 11.1 Å². The fourth-order valence-electron chi connectivity index (χ4n) is 2.61. The molecule has 3 heteroatoms. The molecule has 1 saturated heterocycles. The van der Waals surface area contributed by atoms with Gasteiger partial charge in [0.1, 0.15) is 5.82 Å². The molecule has 1 fully saturated rings. The smallest absolute Gasteiger partial charge is 0.125 e. The average Bonchev–Trinajstić information content (AvgIpc) is 2.49. The highest BCUT2D eigenvalue weighted by molar-refractivity contribution is 5.49. The largest absolute Gasteiger partial charge is 0.371 e. The average molecular weight is 250 g/mol. The summed E-state index contributed by atoms with van der Waals surface area (Å²) in [6.45, 7) is 7.03. The second-order valence-electron chi connectivity index (χ2n) is 6.03. The summed E-state index contributed by atoms with van der Waals surface area (Å²) in [5.74, 6) is -0.184. The Morgan fingerprint density at radius 1 is 1.22 bits per heavy atom. The van der Waals surface area contributed by atoms with Gasteiger partial charge in [-0.1, -0.05) is 13.8 Å². The summed E-state index contributed by atoms with van der Waals surface area (Å²) in [5.41, 5.74) is 7.86. The summed E-state index contributed by atoms with van der Waals surface area (Å²) in [6.07, 6.45) is 3.56. The second kappa shape index (κ2) is 5.27. The van der Waals surface area contributed by atoms with Crippen molar-refractivity contribution in [1.82, 2.24) is 0 Å². The van der Waals surface area contributed by atoms with Gasteiger partial charge >= 0.3 is 0 Å². The molecule has 2 nitrogen and oxygen atoms in total. The van der Waals surface area contributed by atoms with E-state index in [-0.39, 0.29) is 5.82 Å². The third kappa shape index (κ3) is 3.22. The van der Waals surface area contributed by atoms with E-state index in [1.165, 1.54) is 18.9 Å². The Labute approximate surface area is 109 Å². The number of rotatable bonds is 2. The molecule has 0 amide bonds. The quantitative estimate of drug-likeness (QED) is 0.872. The van der Waals surface area contributed by atoms with Crippen LogP contribution in [0.5, 0.6) is 0 Å². The molecule has 1 heterocycles. The van der Waals surface area contributed by atoms with Crippen LogP contribution in [0.1, 0.15) is 38.7 Å². The summed E-state index contributed by atoms with van der Waals surface area (Å²) < 4.78 is 13.5. The van der Waals surface area contributed by atoms with E-state index >= 15 is 0 Å². The van der Waals surface area contributed by atoms with Crippen LogP contribution in [0.15, 0.2) is 18.2 Å². The lowest BCUT2D eigenvalue weighted by atomic mass is 9.85. The van der Waals surface area contributed by atoms with Crippen LogP contribution < -0.4 is 10.6 Å². The van der Waals surface area contributed by atoms with Crippen molar-refractivity contribution in [1.29, 1.82) is 0 Å². The van der Waals surface area contributed by atoms with Crippen molar-refractivity contribution < 1.29 is 4.39 Å². The molecule has 1 aromatic rings. The SMILES string of the molecule is CC1(C)CCCN(c2cc(F)cc(CN)c2)CC1. The van der Waals surface area contributed by atoms with Crippen molar-refractivity contribution in [3.05, 3.63) is 29.6 Å². The van der Waals surface area contributed by atoms with Crippen LogP contribution in [0.4, 0.5) is 10.1 Å². The zero-order valence-electron chi connectivity index (χ0n) is 11.4. The minimum Gasteiger partial charge on any atom is -0.371 e. The van der Waals surface area contributed by atoms with Crippen molar-refractivity contribution in [2.45, 2.75) is 39.7 Å². The van der Waals surface area contributed by atoms with Gasteiger partial charge in [0.05, 0.1) is 0 Å². The van der Waals surface area contributed by atoms with Crippen LogP contribution in [0.3, 0.4) is 0 Å². The van der Waals surface area contributed by atoms with Gasteiger partial charge in [0.2, 0.25) is 0 Å². The van der Waals surface area contributed by atoms with Gasteiger partial charge in [-0.2, -0.15) is 0 Å². The molecule has 2 rings (SSSR count). The molecule has 0 saturated carbocycles. The first kappa shape index (κ1) is 13.3. The molecular formula is C15H23FN2. The van der Waals surface area contributed by atoms with E-state index in [4.69, 9.17) is 5.73 Å². The van der Waals surface area contributed by atoms with Gasteiger partial charge in [-0.3, -0.25) is 0 Å². The van der Waals surface area contributed by atoms with Gasteiger partial charge in [-0.25, -0.2) is 4.39 Å². The Bertz CT molecular complexity index is 415. The molecule has 0 spiro atoms. The zero-order chi connectivity index (χ0) is 13.2. The number of halogens is 1. The maximum Gasteiger partial charge on any atom is 0.125 e. The third-order valence-corrected chi connectivity index (χ3v) is 3.88. The van der Waals surface area contributed by atoms with Crippen LogP contribution in [0, 0.1) is 11.2 Å². The molecule has 0 radical (unpaired) electrons. The fourth-order valence-corrected chi connectivity index (χ4v) is 2.61. The van der Waals surface area contributed by atoms with Crippen LogP contribution in [0.25, 0.3) is 0 Å². The van der Waals surface area contributed by atoms with Crippen molar-refractivity contribution >= 4 is 5.69 Å². The summed E-state index contributed by atoms with van der Waals surface area (Å²) >= 11 is 0. The van der Waals surface area contributed by atoms with E-state index in [2.05, 4.69) is 18.7 Å². The summed E-state index contributed by atoms with van der Waals surface area (Å²) in [7, 11) is 0. The first-order valence-corrected chi connectivity index (χ1v) is 6.75. The molecule has 1 aromatic carbocycles. The monoisotopic (exact) mass is 250 g/mol. The molecule has 2 N–H and O–H groups in total. The highest BCUT2D eigenvalue weighted by Gasteiger charge is 2.23. The molecule has 0 atom stereocenters. The molecule has 100 valence electrons. The van der Waals surface area contributed by atoms with Crippen LogP contribution in [0.2, 0.25) is 0 Å². The molecule has 0 aliphatic carbocycles. The number of nitrogens with zero attached hydrogens (tertiary/aromatic N) is 1. The van der Waals surface area contributed by atoms with Gasteiger partial charge < -0.3 is 10.6 Å². The highest BCUT2D eigenvalue weighted by atomic mass is 19.1. The Morgan fingerprint density at radius 3 is 2.72 bits per heavy atom. The van der Waals surface area contributed by atoms with Crippen LogP contribution in [-0.2, 0) is 6.54 Å². The summed E-state index contributed by atoms with van der Waals surface area (Å²) in [6, 6.07) is 5.16. The molecule has 0 unspecified atom stereocenters. The lowest BCUT2D eigenvalue weighted by Crippen LogP contribution is -2.25. The van der Waals surface area contributed by atoms with Crippen molar-refractivity contribution in [3.63, 3.8) is 0 Å². The first-order valence-electron chi connectivity index (χ1n) is 6.75. The maximum absolute atomic E-state index is 13.5. The van der Waals surface area contributed by atoms with E-state index in [9.17, 15) is 4.39 Å². The third-order valence-electron chi connectivity index (χ3n) is 3.88. The van der Waals surface area contributed by atoms with Gasteiger partial charge in [-0.05, 0) is 48.4 Å². The number of hydrogen-bond donors (Lipinski definition) is 1. The zero-order valence-corrected chi connectivity index (χ0v) is 11.4. The molecular weight excluding hydrogens is 227 g/mol. The number of anilines is 1. The predicted molar refractivity (Wildman–Crippen MR) is 74.1 cm³/mol. The summed E-state index contributed by atoms with van der Waals surface area (Å²) in [4.78, 5) is 2.29. The maximum atomic E-state index is 13.5. The van der Waals surface area contributed by atoms with Crippen molar-refractivity contribution in [3.8, 4) is 0 Å². The highest BCUT2D eigenvalue weighted by Crippen LogP contribution is 2.32. The second-order valence-corrected chi connectivity index (χ2v) is 6.03. The predicted octanol–water partition coefficient (Wildman–Crippen LogP) is 3.30.